The molecule has 4 nitrogen and oxygen atoms in total. The molecule has 0 bridgehead atoms. The van der Waals surface area contributed by atoms with Crippen molar-refractivity contribution in [1.29, 1.82) is 0 Å². The van der Waals surface area contributed by atoms with Crippen molar-refractivity contribution in [3.63, 3.8) is 0 Å². The van der Waals surface area contributed by atoms with Crippen LogP contribution in [0.3, 0.4) is 0 Å². The van der Waals surface area contributed by atoms with Crippen LogP contribution in [0.25, 0.3) is 11.0 Å². The number of nitrogens with zero attached hydrogens (tertiary/aromatic N) is 2. The van der Waals surface area contributed by atoms with Crippen molar-refractivity contribution in [2.24, 2.45) is 0 Å². The van der Waals surface area contributed by atoms with Crippen molar-refractivity contribution in [2.45, 2.75) is 63.0 Å². The number of benzene rings is 1. The molecule has 1 aliphatic heterocycles. The van der Waals surface area contributed by atoms with Crippen LogP contribution in [0.5, 0.6) is 0 Å². The molecule has 2 atom stereocenters. The van der Waals surface area contributed by atoms with Crippen molar-refractivity contribution < 1.29 is 0 Å². The van der Waals surface area contributed by atoms with Crippen molar-refractivity contribution in [3.05, 3.63) is 17.2 Å². The molecule has 0 radical (unpaired) electrons. The molecule has 6 heteroatoms. The van der Waals surface area contributed by atoms with Crippen LogP contribution >= 0.6 is 23.4 Å². The van der Waals surface area contributed by atoms with Gasteiger partial charge in [0.15, 0.2) is 5.16 Å². The fraction of sp³-hybridized carbons (Fsp3) is 0.611. The molecular formula is C18H27ClN4S. The number of nitrogens with one attached hydrogen (secondary N) is 2. The summed E-state index contributed by atoms with van der Waals surface area (Å²) in [4.78, 5) is 10.6. The number of halogens is 1. The van der Waals surface area contributed by atoms with Crippen molar-refractivity contribution in [2.75, 3.05) is 18.0 Å². The highest BCUT2D eigenvalue weighted by Gasteiger charge is 2.23. The van der Waals surface area contributed by atoms with Crippen LogP contribution in [0, 0.1) is 0 Å². The van der Waals surface area contributed by atoms with E-state index in [9.17, 15) is 0 Å². The summed E-state index contributed by atoms with van der Waals surface area (Å²) in [6, 6.07) is 5.07. The number of aromatic amines is 1. The van der Waals surface area contributed by atoms with Gasteiger partial charge in [-0.15, -0.1) is 0 Å². The Bertz CT molecular complexity index is 688. The zero-order valence-electron chi connectivity index (χ0n) is 14.9. The average molecular weight is 367 g/mol. The molecule has 2 aromatic rings. The van der Waals surface area contributed by atoms with E-state index in [4.69, 9.17) is 16.6 Å². The van der Waals surface area contributed by atoms with Gasteiger partial charge >= 0.3 is 0 Å². The van der Waals surface area contributed by atoms with E-state index in [1.165, 1.54) is 0 Å². The second-order valence-corrected chi connectivity index (χ2v) is 8.49. The summed E-state index contributed by atoms with van der Waals surface area (Å²) in [5, 5.41) is 5.96. The van der Waals surface area contributed by atoms with Gasteiger partial charge in [0.1, 0.15) is 0 Å². The lowest BCUT2D eigenvalue weighted by atomic mass is 10.1. The van der Waals surface area contributed by atoms with E-state index < -0.39 is 0 Å². The lowest BCUT2D eigenvalue weighted by Crippen LogP contribution is -2.54. The van der Waals surface area contributed by atoms with E-state index in [1.54, 1.807) is 0 Å². The monoisotopic (exact) mass is 366 g/mol. The Hall–Kier alpha value is -0.910. The van der Waals surface area contributed by atoms with Crippen molar-refractivity contribution >= 4 is 40.1 Å². The summed E-state index contributed by atoms with van der Waals surface area (Å²) >= 11 is 8.41. The molecule has 2 heterocycles. The first-order valence-electron chi connectivity index (χ1n) is 8.87. The summed E-state index contributed by atoms with van der Waals surface area (Å²) < 4.78 is 0. The Morgan fingerprint density at radius 1 is 1.25 bits per heavy atom. The van der Waals surface area contributed by atoms with Gasteiger partial charge in [0, 0.05) is 30.4 Å². The standard InChI is InChI=1S/C18H27ClN4S/c1-5-13(6-2)24-18-21-15-7-14(19)17(8-16(15)22-18)23-9-11(3)20-12(4)10-23/h7-8,11-13,20H,5-6,9-10H2,1-4H3,(H,21,22)/t11-,12+. The lowest BCUT2D eigenvalue weighted by Gasteiger charge is -2.38. The van der Waals surface area contributed by atoms with Gasteiger partial charge in [0.2, 0.25) is 0 Å². The van der Waals surface area contributed by atoms with Crippen LogP contribution in [-0.4, -0.2) is 40.4 Å². The Labute approximate surface area is 153 Å². The molecule has 0 saturated carbocycles. The minimum Gasteiger partial charge on any atom is -0.367 e. The number of thioether (sulfide) groups is 1. The predicted octanol–water partition coefficient (Wildman–Crippen LogP) is 4.68. The third kappa shape index (κ3) is 3.84. The summed E-state index contributed by atoms with van der Waals surface area (Å²) in [7, 11) is 0. The molecule has 1 aromatic heterocycles. The van der Waals surface area contributed by atoms with Gasteiger partial charge in [-0.25, -0.2) is 4.98 Å². The fourth-order valence-corrected chi connectivity index (χ4v) is 4.68. The number of rotatable bonds is 5. The second kappa shape index (κ2) is 7.54. The van der Waals surface area contributed by atoms with E-state index in [2.05, 4.69) is 49.0 Å². The van der Waals surface area contributed by atoms with Gasteiger partial charge in [0.05, 0.1) is 21.7 Å². The molecule has 1 saturated heterocycles. The number of aromatic nitrogens is 2. The highest BCUT2D eigenvalue weighted by atomic mass is 35.5. The van der Waals surface area contributed by atoms with Gasteiger partial charge < -0.3 is 15.2 Å². The number of hydrogen-bond donors (Lipinski definition) is 2. The Morgan fingerprint density at radius 3 is 2.54 bits per heavy atom. The van der Waals surface area contributed by atoms with E-state index in [0.717, 1.165) is 52.8 Å². The minimum atomic E-state index is 0.459. The molecule has 1 fully saturated rings. The first kappa shape index (κ1) is 17.9. The highest BCUT2D eigenvalue weighted by Crippen LogP contribution is 2.33. The molecule has 0 aliphatic carbocycles. The molecular weight excluding hydrogens is 340 g/mol. The maximum atomic E-state index is 6.58. The van der Waals surface area contributed by atoms with E-state index in [0.29, 0.717) is 17.3 Å². The normalized spacial score (nSPS) is 21.8. The summed E-state index contributed by atoms with van der Waals surface area (Å²) in [6.07, 6.45) is 2.31. The molecule has 3 rings (SSSR count). The maximum Gasteiger partial charge on any atom is 0.166 e. The smallest absolute Gasteiger partial charge is 0.166 e. The molecule has 0 unspecified atom stereocenters. The van der Waals surface area contributed by atoms with Crippen LogP contribution < -0.4 is 10.2 Å². The van der Waals surface area contributed by atoms with Crippen molar-refractivity contribution in [3.8, 4) is 0 Å². The van der Waals surface area contributed by atoms with Gasteiger partial charge in [-0.2, -0.15) is 0 Å². The predicted molar refractivity (Wildman–Crippen MR) is 106 cm³/mol. The zero-order chi connectivity index (χ0) is 17.3. The maximum absolute atomic E-state index is 6.58. The molecule has 0 amide bonds. The number of hydrogen-bond acceptors (Lipinski definition) is 4. The SMILES string of the molecule is CCC(CC)Sc1nc2cc(N3C[C@@H](C)N[C@@H](C)C3)c(Cl)cc2[nH]1. The molecule has 0 spiro atoms. The van der Waals surface area contributed by atoms with Gasteiger partial charge in [-0.3, -0.25) is 0 Å². The quantitative estimate of drug-likeness (QED) is 0.754. The highest BCUT2D eigenvalue weighted by molar-refractivity contribution is 7.99. The van der Waals surface area contributed by atoms with E-state index >= 15 is 0 Å². The summed E-state index contributed by atoms with van der Waals surface area (Å²) in [6.45, 7) is 10.8. The number of imidazole rings is 1. The third-order valence-electron chi connectivity index (χ3n) is 4.62. The molecule has 132 valence electrons. The Kier molecular flexibility index (Phi) is 5.63. The van der Waals surface area contributed by atoms with Gasteiger partial charge in [-0.1, -0.05) is 37.2 Å². The Balaban J connectivity index is 1.89. The van der Waals surface area contributed by atoms with Crippen molar-refractivity contribution in [1.82, 2.24) is 15.3 Å². The number of piperazine rings is 1. The molecule has 24 heavy (non-hydrogen) atoms. The average Bonchev–Trinajstić information content (AvgIpc) is 2.92. The largest absolute Gasteiger partial charge is 0.367 e. The van der Waals surface area contributed by atoms with Crippen LogP contribution in [-0.2, 0) is 0 Å². The minimum absolute atomic E-state index is 0.459. The second-order valence-electron chi connectivity index (χ2n) is 6.79. The van der Waals surface area contributed by atoms with Crippen LogP contribution in [0.4, 0.5) is 5.69 Å². The first-order chi connectivity index (χ1) is 11.5. The van der Waals surface area contributed by atoms with Crippen LogP contribution in [0.15, 0.2) is 17.3 Å². The van der Waals surface area contributed by atoms with Crippen LogP contribution in [0.2, 0.25) is 5.02 Å². The lowest BCUT2D eigenvalue weighted by molar-refractivity contribution is 0.407. The molecule has 1 aliphatic rings. The number of fused-ring (bicyclic) bond motifs is 1. The summed E-state index contributed by atoms with van der Waals surface area (Å²) in [5.74, 6) is 0. The molecule has 1 aromatic carbocycles. The zero-order valence-corrected chi connectivity index (χ0v) is 16.5. The number of H-pyrrole nitrogens is 1. The van der Waals surface area contributed by atoms with Gasteiger partial charge in [0.25, 0.3) is 0 Å². The topological polar surface area (TPSA) is 44.0 Å². The van der Waals surface area contributed by atoms with E-state index in [-0.39, 0.29) is 0 Å². The number of anilines is 1. The van der Waals surface area contributed by atoms with Crippen LogP contribution in [0.1, 0.15) is 40.5 Å². The summed E-state index contributed by atoms with van der Waals surface area (Å²) in [5.41, 5.74) is 3.12. The van der Waals surface area contributed by atoms with E-state index in [1.807, 2.05) is 17.8 Å². The Morgan fingerprint density at radius 2 is 1.92 bits per heavy atom. The van der Waals surface area contributed by atoms with Gasteiger partial charge in [-0.05, 0) is 38.8 Å². The first-order valence-corrected chi connectivity index (χ1v) is 10.1. The fourth-order valence-electron chi connectivity index (χ4n) is 3.43. The molecule has 2 N–H and O–H groups in total. The third-order valence-corrected chi connectivity index (χ3v) is 6.34.